The smallest absolute Gasteiger partial charge is 0.265 e. The van der Waals surface area contributed by atoms with Crippen molar-refractivity contribution in [2.45, 2.75) is 18.9 Å². The number of thiazole rings is 1. The third-order valence-corrected chi connectivity index (χ3v) is 6.34. The number of nitrogens with zero attached hydrogens (tertiary/aromatic N) is 4. The van der Waals surface area contributed by atoms with E-state index in [-0.39, 0.29) is 31.1 Å². The SMILES string of the molecule is O=C(CN1C(=O)COc2ccc(-c3cscn3)cc21)Nc1nnc(C2CCCO2)s1. The van der Waals surface area contributed by atoms with Gasteiger partial charge in [0, 0.05) is 17.6 Å². The summed E-state index contributed by atoms with van der Waals surface area (Å²) in [6.07, 6.45) is 1.85. The Morgan fingerprint density at radius 2 is 2.27 bits per heavy atom. The summed E-state index contributed by atoms with van der Waals surface area (Å²) in [6, 6.07) is 5.49. The van der Waals surface area contributed by atoms with Crippen LogP contribution in [0.2, 0.25) is 0 Å². The van der Waals surface area contributed by atoms with E-state index in [1.165, 1.54) is 27.6 Å². The van der Waals surface area contributed by atoms with Crippen LogP contribution in [-0.2, 0) is 14.3 Å². The number of aromatic nitrogens is 3. The third kappa shape index (κ3) is 3.78. The van der Waals surface area contributed by atoms with Gasteiger partial charge in [-0.3, -0.25) is 19.8 Å². The van der Waals surface area contributed by atoms with Crippen molar-refractivity contribution < 1.29 is 19.1 Å². The molecular formula is C19H17N5O4S2. The van der Waals surface area contributed by atoms with Gasteiger partial charge in [-0.05, 0) is 31.0 Å². The molecule has 0 saturated carbocycles. The fraction of sp³-hybridized carbons (Fsp3) is 0.316. The molecule has 5 rings (SSSR count). The molecule has 0 spiro atoms. The molecule has 1 aromatic carbocycles. The number of rotatable bonds is 5. The van der Waals surface area contributed by atoms with Gasteiger partial charge in [0.05, 0.1) is 16.9 Å². The van der Waals surface area contributed by atoms with E-state index in [1.807, 2.05) is 17.5 Å². The molecular weight excluding hydrogens is 426 g/mol. The molecule has 4 heterocycles. The van der Waals surface area contributed by atoms with Gasteiger partial charge < -0.3 is 9.47 Å². The average molecular weight is 444 g/mol. The van der Waals surface area contributed by atoms with E-state index in [0.717, 1.165) is 29.1 Å². The van der Waals surface area contributed by atoms with Crippen LogP contribution in [0.25, 0.3) is 11.3 Å². The minimum atomic E-state index is -0.356. The highest BCUT2D eigenvalue weighted by atomic mass is 32.1. The average Bonchev–Trinajstić information content (AvgIpc) is 3.52. The van der Waals surface area contributed by atoms with E-state index >= 15 is 0 Å². The number of fused-ring (bicyclic) bond motifs is 1. The van der Waals surface area contributed by atoms with Gasteiger partial charge in [-0.25, -0.2) is 4.98 Å². The minimum absolute atomic E-state index is 0.0509. The highest BCUT2D eigenvalue weighted by Gasteiger charge is 2.29. The summed E-state index contributed by atoms with van der Waals surface area (Å²) in [4.78, 5) is 30.8. The second kappa shape index (κ2) is 8.09. The minimum Gasteiger partial charge on any atom is -0.482 e. The van der Waals surface area contributed by atoms with Crippen molar-refractivity contribution in [3.8, 4) is 17.0 Å². The largest absolute Gasteiger partial charge is 0.482 e. The van der Waals surface area contributed by atoms with Crippen LogP contribution in [0.1, 0.15) is 24.0 Å². The van der Waals surface area contributed by atoms with Gasteiger partial charge in [-0.2, -0.15) is 0 Å². The van der Waals surface area contributed by atoms with Crippen LogP contribution in [-0.4, -0.2) is 46.8 Å². The van der Waals surface area contributed by atoms with E-state index in [4.69, 9.17) is 9.47 Å². The van der Waals surface area contributed by atoms with Crippen LogP contribution >= 0.6 is 22.7 Å². The summed E-state index contributed by atoms with van der Waals surface area (Å²) in [5, 5.41) is 13.9. The normalized spacial score (nSPS) is 18.2. The Hall–Kier alpha value is -2.89. The lowest BCUT2D eigenvalue weighted by Crippen LogP contribution is -2.43. The van der Waals surface area contributed by atoms with Crippen LogP contribution in [0.5, 0.6) is 5.75 Å². The topological polar surface area (TPSA) is 107 Å². The number of hydrogen-bond acceptors (Lipinski definition) is 9. The summed E-state index contributed by atoms with van der Waals surface area (Å²) in [5.74, 6) is -0.0892. The standard InChI is InChI=1S/C19H17N5O4S2/c25-16(21-19-23-22-18(30-19)15-2-1-5-27-15)7-24-13-6-11(12-9-29-10-20-12)3-4-14(13)28-8-17(24)26/h3-4,6,9-10,15H,1-2,5,7-8H2,(H,21,23,25). The van der Waals surface area contributed by atoms with Crippen molar-refractivity contribution >= 4 is 45.3 Å². The molecule has 9 nitrogen and oxygen atoms in total. The molecule has 0 radical (unpaired) electrons. The predicted molar refractivity (Wildman–Crippen MR) is 112 cm³/mol. The van der Waals surface area contributed by atoms with Crippen LogP contribution in [0.15, 0.2) is 29.1 Å². The monoisotopic (exact) mass is 443 g/mol. The highest BCUT2D eigenvalue weighted by Crippen LogP contribution is 2.36. The molecule has 2 aromatic heterocycles. The molecule has 1 unspecified atom stereocenters. The number of ether oxygens (including phenoxy) is 2. The van der Waals surface area contributed by atoms with Gasteiger partial charge in [-0.15, -0.1) is 21.5 Å². The number of carbonyl (C=O) groups excluding carboxylic acids is 2. The lowest BCUT2D eigenvalue weighted by atomic mass is 10.1. The van der Waals surface area contributed by atoms with Gasteiger partial charge >= 0.3 is 0 Å². The van der Waals surface area contributed by atoms with Crippen molar-refractivity contribution in [3.05, 3.63) is 34.1 Å². The maximum atomic E-state index is 12.6. The van der Waals surface area contributed by atoms with Crippen molar-refractivity contribution in [3.63, 3.8) is 0 Å². The molecule has 1 saturated heterocycles. The molecule has 1 fully saturated rings. The predicted octanol–water partition coefficient (Wildman–Crippen LogP) is 2.88. The number of hydrogen-bond donors (Lipinski definition) is 1. The van der Waals surface area contributed by atoms with E-state index < -0.39 is 0 Å². The zero-order valence-electron chi connectivity index (χ0n) is 15.7. The first-order valence-corrected chi connectivity index (χ1v) is 11.1. The first kappa shape index (κ1) is 19.1. The van der Waals surface area contributed by atoms with Gasteiger partial charge in [0.25, 0.3) is 5.91 Å². The molecule has 0 bridgehead atoms. The van der Waals surface area contributed by atoms with Gasteiger partial charge in [0.2, 0.25) is 11.0 Å². The van der Waals surface area contributed by atoms with E-state index in [9.17, 15) is 9.59 Å². The van der Waals surface area contributed by atoms with Crippen LogP contribution in [0.3, 0.4) is 0 Å². The fourth-order valence-corrected chi connectivity index (χ4v) is 4.78. The lowest BCUT2D eigenvalue weighted by Gasteiger charge is -2.29. The quantitative estimate of drug-likeness (QED) is 0.646. The summed E-state index contributed by atoms with van der Waals surface area (Å²) in [6.45, 7) is 0.455. The fourth-order valence-electron chi connectivity index (χ4n) is 3.38. The molecule has 1 atom stereocenters. The van der Waals surface area contributed by atoms with Gasteiger partial charge in [0.1, 0.15) is 23.4 Å². The van der Waals surface area contributed by atoms with Gasteiger partial charge in [0.15, 0.2) is 6.61 Å². The Balaban J connectivity index is 1.32. The number of benzene rings is 1. The molecule has 1 N–H and O–H groups in total. The Morgan fingerprint density at radius 1 is 1.33 bits per heavy atom. The van der Waals surface area contributed by atoms with E-state index in [1.54, 1.807) is 11.6 Å². The highest BCUT2D eigenvalue weighted by molar-refractivity contribution is 7.15. The summed E-state index contributed by atoms with van der Waals surface area (Å²) >= 11 is 2.78. The Bertz CT molecular complexity index is 1080. The first-order chi connectivity index (χ1) is 14.7. The van der Waals surface area contributed by atoms with E-state index in [2.05, 4.69) is 20.5 Å². The second-order valence-electron chi connectivity index (χ2n) is 6.82. The summed E-state index contributed by atoms with van der Waals surface area (Å²) in [5.41, 5.74) is 3.95. The first-order valence-electron chi connectivity index (χ1n) is 9.38. The van der Waals surface area contributed by atoms with Crippen LogP contribution in [0.4, 0.5) is 10.8 Å². The lowest BCUT2D eigenvalue weighted by molar-refractivity contribution is -0.123. The maximum Gasteiger partial charge on any atom is 0.265 e. The molecule has 2 aliphatic heterocycles. The Kier molecular flexibility index (Phi) is 5.15. The number of carbonyl (C=O) groups is 2. The molecule has 0 aliphatic carbocycles. The van der Waals surface area contributed by atoms with Gasteiger partial charge in [-0.1, -0.05) is 11.3 Å². The van der Waals surface area contributed by atoms with Crippen molar-refractivity contribution in [1.29, 1.82) is 0 Å². The molecule has 11 heteroatoms. The molecule has 30 heavy (non-hydrogen) atoms. The number of anilines is 2. The van der Waals surface area contributed by atoms with Crippen molar-refractivity contribution in [1.82, 2.24) is 15.2 Å². The number of nitrogens with one attached hydrogen (secondary N) is 1. The van der Waals surface area contributed by atoms with Crippen LogP contribution in [0, 0.1) is 0 Å². The molecule has 154 valence electrons. The molecule has 2 amide bonds. The Morgan fingerprint density at radius 3 is 3.07 bits per heavy atom. The molecule has 2 aliphatic rings. The van der Waals surface area contributed by atoms with Crippen LogP contribution < -0.4 is 15.0 Å². The maximum absolute atomic E-state index is 12.6. The van der Waals surface area contributed by atoms with E-state index in [0.29, 0.717) is 23.2 Å². The second-order valence-corrected chi connectivity index (χ2v) is 8.55. The van der Waals surface area contributed by atoms with Crippen molar-refractivity contribution in [2.24, 2.45) is 0 Å². The zero-order valence-corrected chi connectivity index (χ0v) is 17.4. The summed E-state index contributed by atoms with van der Waals surface area (Å²) in [7, 11) is 0. The van der Waals surface area contributed by atoms with Crippen molar-refractivity contribution in [2.75, 3.05) is 30.0 Å². The Labute approximate surface area is 179 Å². The zero-order chi connectivity index (χ0) is 20.5. The third-order valence-electron chi connectivity index (χ3n) is 4.82. The number of amides is 2. The summed E-state index contributed by atoms with van der Waals surface area (Å²) < 4.78 is 11.1. The molecule has 3 aromatic rings.